The summed E-state index contributed by atoms with van der Waals surface area (Å²) in [6, 6.07) is 4.26. The molecule has 2 rings (SSSR count). The molecule has 1 heterocycles. The minimum absolute atomic E-state index is 0.227. The maximum atomic E-state index is 9.35. The molecular formula is C15H22BrNO2. The van der Waals surface area contributed by atoms with Crippen LogP contribution in [-0.2, 0) is 13.0 Å². The number of nitrogens with one attached hydrogen (secondary N) is 1. The minimum Gasteiger partial charge on any atom is -0.493 e. The summed E-state index contributed by atoms with van der Waals surface area (Å²) in [5.41, 5.74) is 2.51. The standard InChI is InChI=1S/C15H22BrNO2/c1-10(5-11(2)18)8-17-9-13-7-14(16)6-12-3-4-19-15(12)13/h6-7,10-11,17-18H,3-5,8-9H2,1-2H3/t10-,11+/m0/s1. The van der Waals surface area contributed by atoms with Gasteiger partial charge in [-0.05, 0) is 43.5 Å². The zero-order chi connectivity index (χ0) is 13.8. The van der Waals surface area contributed by atoms with E-state index in [9.17, 15) is 5.11 Å². The van der Waals surface area contributed by atoms with Gasteiger partial charge < -0.3 is 15.2 Å². The normalized spacial score (nSPS) is 16.8. The first-order valence-electron chi connectivity index (χ1n) is 6.89. The third kappa shape index (κ3) is 4.20. The molecule has 1 aromatic rings. The van der Waals surface area contributed by atoms with Crippen molar-refractivity contribution in [3.05, 3.63) is 27.7 Å². The molecule has 3 nitrogen and oxygen atoms in total. The van der Waals surface area contributed by atoms with E-state index in [1.807, 2.05) is 6.92 Å². The summed E-state index contributed by atoms with van der Waals surface area (Å²) >= 11 is 3.55. The topological polar surface area (TPSA) is 41.5 Å². The second-order valence-electron chi connectivity index (χ2n) is 5.47. The van der Waals surface area contributed by atoms with Gasteiger partial charge in [-0.3, -0.25) is 0 Å². The lowest BCUT2D eigenvalue weighted by Crippen LogP contribution is -2.23. The van der Waals surface area contributed by atoms with Crippen LogP contribution in [0.5, 0.6) is 5.75 Å². The first-order chi connectivity index (χ1) is 9.06. The molecule has 0 aromatic heterocycles. The van der Waals surface area contributed by atoms with Crippen molar-refractivity contribution in [1.29, 1.82) is 0 Å². The van der Waals surface area contributed by atoms with E-state index in [2.05, 4.69) is 40.3 Å². The van der Waals surface area contributed by atoms with E-state index in [1.54, 1.807) is 0 Å². The van der Waals surface area contributed by atoms with Gasteiger partial charge in [-0.15, -0.1) is 0 Å². The first-order valence-corrected chi connectivity index (χ1v) is 7.68. The molecular weight excluding hydrogens is 306 g/mol. The van der Waals surface area contributed by atoms with E-state index in [-0.39, 0.29) is 6.10 Å². The van der Waals surface area contributed by atoms with Gasteiger partial charge in [0, 0.05) is 23.0 Å². The molecule has 0 radical (unpaired) electrons. The Bertz CT molecular complexity index is 434. The minimum atomic E-state index is -0.227. The Hall–Kier alpha value is -0.580. The van der Waals surface area contributed by atoms with Crippen molar-refractivity contribution in [2.75, 3.05) is 13.2 Å². The van der Waals surface area contributed by atoms with Gasteiger partial charge in [-0.25, -0.2) is 0 Å². The number of hydrogen-bond donors (Lipinski definition) is 2. The number of rotatable bonds is 6. The molecule has 0 aliphatic carbocycles. The average Bonchev–Trinajstić information content (AvgIpc) is 2.75. The maximum absolute atomic E-state index is 9.35. The molecule has 0 fully saturated rings. The summed E-state index contributed by atoms with van der Waals surface area (Å²) in [4.78, 5) is 0. The number of hydrogen-bond acceptors (Lipinski definition) is 3. The quantitative estimate of drug-likeness (QED) is 0.844. The second-order valence-corrected chi connectivity index (χ2v) is 6.39. The Balaban J connectivity index is 1.90. The number of fused-ring (bicyclic) bond motifs is 1. The van der Waals surface area contributed by atoms with Gasteiger partial charge in [0.1, 0.15) is 5.75 Å². The molecule has 0 bridgehead atoms. The van der Waals surface area contributed by atoms with E-state index in [1.165, 1.54) is 11.1 Å². The van der Waals surface area contributed by atoms with Crippen LogP contribution in [0.4, 0.5) is 0 Å². The van der Waals surface area contributed by atoms with Gasteiger partial charge in [-0.1, -0.05) is 22.9 Å². The highest BCUT2D eigenvalue weighted by atomic mass is 79.9. The second kappa shape index (κ2) is 6.73. The molecule has 2 N–H and O–H groups in total. The van der Waals surface area contributed by atoms with Crippen molar-refractivity contribution >= 4 is 15.9 Å². The van der Waals surface area contributed by atoms with Crippen LogP contribution >= 0.6 is 15.9 Å². The number of halogens is 1. The van der Waals surface area contributed by atoms with Crippen molar-refractivity contribution in [2.45, 2.75) is 39.3 Å². The fourth-order valence-electron chi connectivity index (χ4n) is 2.60. The molecule has 1 aliphatic rings. The zero-order valence-corrected chi connectivity index (χ0v) is 13.2. The number of aliphatic hydroxyl groups is 1. The molecule has 0 saturated carbocycles. The van der Waals surface area contributed by atoms with Gasteiger partial charge in [0.2, 0.25) is 0 Å². The van der Waals surface area contributed by atoms with Crippen molar-refractivity contribution in [3.8, 4) is 5.75 Å². The van der Waals surface area contributed by atoms with Crippen LogP contribution in [0.15, 0.2) is 16.6 Å². The lowest BCUT2D eigenvalue weighted by Gasteiger charge is -2.15. The van der Waals surface area contributed by atoms with Gasteiger partial charge in [0.25, 0.3) is 0 Å². The van der Waals surface area contributed by atoms with E-state index in [0.29, 0.717) is 5.92 Å². The third-order valence-electron chi connectivity index (χ3n) is 3.38. The molecule has 0 saturated heterocycles. The summed E-state index contributed by atoms with van der Waals surface area (Å²) in [7, 11) is 0. The van der Waals surface area contributed by atoms with Gasteiger partial charge in [0.05, 0.1) is 12.7 Å². The van der Waals surface area contributed by atoms with Crippen LogP contribution in [0, 0.1) is 5.92 Å². The highest BCUT2D eigenvalue weighted by molar-refractivity contribution is 9.10. The fourth-order valence-corrected chi connectivity index (χ4v) is 3.15. The Labute approximate surface area is 123 Å². The fraction of sp³-hybridized carbons (Fsp3) is 0.600. The Morgan fingerprint density at radius 2 is 2.21 bits per heavy atom. The van der Waals surface area contributed by atoms with Crippen LogP contribution < -0.4 is 10.1 Å². The molecule has 4 heteroatoms. The maximum Gasteiger partial charge on any atom is 0.127 e. The van der Waals surface area contributed by atoms with Crippen LogP contribution in [0.25, 0.3) is 0 Å². The summed E-state index contributed by atoms with van der Waals surface area (Å²) in [5.74, 6) is 1.53. The van der Waals surface area contributed by atoms with E-state index >= 15 is 0 Å². The smallest absolute Gasteiger partial charge is 0.127 e. The number of aliphatic hydroxyl groups excluding tert-OH is 1. The molecule has 1 aromatic carbocycles. The van der Waals surface area contributed by atoms with Crippen LogP contribution in [-0.4, -0.2) is 24.4 Å². The summed E-state index contributed by atoms with van der Waals surface area (Å²) in [6.45, 7) is 6.50. The monoisotopic (exact) mass is 327 g/mol. The number of ether oxygens (including phenoxy) is 1. The molecule has 2 atom stereocenters. The van der Waals surface area contributed by atoms with Crippen molar-refractivity contribution in [3.63, 3.8) is 0 Å². The van der Waals surface area contributed by atoms with Gasteiger partial charge >= 0.3 is 0 Å². The van der Waals surface area contributed by atoms with Crippen LogP contribution in [0.1, 0.15) is 31.4 Å². The van der Waals surface area contributed by atoms with Crippen molar-refractivity contribution in [2.24, 2.45) is 5.92 Å². The molecule has 19 heavy (non-hydrogen) atoms. The predicted molar refractivity (Wildman–Crippen MR) is 80.5 cm³/mol. The molecule has 0 amide bonds. The first kappa shape index (κ1) is 14.8. The van der Waals surface area contributed by atoms with Crippen molar-refractivity contribution in [1.82, 2.24) is 5.32 Å². The molecule has 1 aliphatic heterocycles. The zero-order valence-electron chi connectivity index (χ0n) is 11.6. The highest BCUT2D eigenvalue weighted by Gasteiger charge is 2.17. The van der Waals surface area contributed by atoms with Crippen LogP contribution in [0.2, 0.25) is 0 Å². The molecule has 106 valence electrons. The predicted octanol–water partition coefficient (Wildman–Crippen LogP) is 2.88. The van der Waals surface area contributed by atoms with E-state index < -0.39 is 0 Å². The summed E-state index contributed by atoms with van der Waals surface area (Å²) in [5, 5.41) is 12.8. The van der Waals surface area contributed by atoms with Gasteiger partial charge in [-0.2, -0.15) is 0 Å². The summed E-state index contributed by atoms with van der Waals surface area (Å²) in [6.07, 6.45) is 1.61. The number of benzene rings is 1. The molecule has 0 unspecified atom stereocenters. The highest BCUT2D eigenvalue weighted by Crippen LogP contribution is 2.32. The average molecular weight is 328 g/mol. The lowest BCUT2D eigenvalue weighted by molar-refractivity contribution is 0.163. The molecule has 0 spiro atoms. The lowest BCUT2D eigenvalue weighted by atomic mass is 10.0. The Morgan fingerprint density at radius 3 is 2.95 bits per heavy atom. The van der Waals surface area contributed by atoms with Crippen molar-refractivity contribution < 1.29 is 9.84 Å². The largest absolute Gasteiger partial charge is 0.493 e. The summed E-state index contributed by atoms with van der Waals surface area (Å²) < 4.78 is 6.82. The van der Waals surface area contributed by atoms with E-state index in [4.69, 9.17) is 4.74 Å². The Kier molecular flexibility index (Phi) is 5.25. The van der Waals surface area contributed by atoms with Gasteiger partial charge in [0.15, 0.2) is 0 Å². The van der Waals surface area contributed by atoms with Crippen LogP contribution in [0.3, 0.4) is 0 Å². The van der Waals surface area contributed by atoms with E-state index in [0.717, 1.165) is 42.8 Å². The SMILES string of the molecule is C[C@H](CNCc1cc(Br)cc2c1OCC2)C[C@@H](C)O. The third-order valence-corrected chi connectivity index (χ3v) is 3.83. The Morgan fingerprint density at radius 1 is 1.42 bits per heavy atom.